The van der Waals surface area contributed by atoms with E-state index in [1.807, 2.05) is 0 Å². The van der Waals surface area contributed by atoms with Gasteiger partial charge in [0.05, 0.1) is 16.8 Å². The Bertz CT molecular complexity index is 1200. The number of carbonyl (C=O) groups excluding carboxylic acids is 4. The highest BCUT2D eigenvalue weighted by atomic mass is 79.9. The molecule has 0 spiro atoms. The molecule has 1 saturated heterocycles. The summed E-state index contributed by atoms with van der Waals surface area (Å²) in [6.07, 6.45) is 0.669. The molecule has 2 aromatic carbocycles. The zero-order valence-corrected chi connectivity index (χ0v) is 21.1. The molecule has 0 unspecified atom stereocenters. The van der Waals surface area contributed by atoms with Crippen molar-refractivity contribution < 1.29 is 28.5 Å². The highest BCUT2D eigenvalue weighted by Crippen LogP contribution is 2.43. The SMILES string of the molecule is O=C(CN(C(=O)c1ccccc1[N+](=O)[O-])N1C(=O)[C@H]2C[C@H](Br)[C@@H](Br)C[C@H]2C1=O)c1ccc(F)cc1. The maximum Gasteiger partial charge on any atom is 0.282 e. The number of amides is 3. The largest absolute Gasteiger partial charge is 0.292 e. The van der Waals surface area contributed by atoms with Crippen LogP contribution in [0.3, 0.4) is 0 Å². The third kappa shape index (κ3) is 4.76. The number of fused-ring (bicyclic) bond motifs is 1. The molecule has 4 atom stereocenters. The Balaban J connectivity index is 1.74. The first-order valence-corrected chi connectivity index (χ1v) is 12.4. The number of benzene rings is 2. The van der Waals surface area contributed by atoms with Crippen LogP contribution in [0.1, 0.15) is 33.6 Å². The van der Waals surface area contributed by atoms with E-state index >= 15 is 0 Å². The highest BCUT2D eigenvalue weighted by molar-refractivity contribution is 9.12. The Hall–Kier alpha value is -2.99. The summed E-state index contributed by atoms with van der Waals surface area (Å²) in [5.41, 5.74) is -0.866. The van der Waals surface area contributed by atoms with Crippen LogP contribution >= 0.6 is 31.9 Å². The van der Waals surface area contributed by atoms with E-state index in [1.54, 1.807) is 0 Å². The fraction of sp³-hybridized carbons (Fsp3) is 0.304. The molecule has 0 N–H and O–H groups in total. The molecule has 4 rings (SSSR count). The molecule has 1 heterocycles. The number of hydrogen-bond donors (Lipinski definition) is 0. The molecular formula is C23H18Br2FN3O6. The van der Waals surface area contributed by atoms with E-state index in [1.165, 1.54) is 30.3 Å². The van der Waals surface area contributed by atoms with Gasteiger partial charge in [-0.1, -0.05) is 44.0 Å². The van der Waals surface area contributed by atoms with Gasteiger partial charge in [0.15, 0.2) is 5.78 Å². The van der Waals surface area contributed by atoms with Gasteiger partial charge in [-0.15, -0.1) is 0 Å². The summed E-state index contributed by atoms with van der Waals surface area (Å²) in [6, 6.07) is 9.63. The fourth-order valence-corrected chi connectivity index (χ4v) is 5.60. The topological polar surface area (TPSA) is 118 Å². The average molecular weight is 611 g/mol. The first kappa shape index (κ1) is 25.1. The van der Waals surface area contributed by atoms with Gasteiger partial charge in [-0.3, -0.25) is 29.3 Å². The lowest BCUT2D eigenvalue weighted by Crippen LogP contribution is -2.52. The van der Waals surface area contributed by atoms with Crippen molar-refractivity contribution in [2.45, 2.75) is 22.5 Å². The van der Waals surface area contributed by atoms with Gasteiger partial charge in [0.2, 0.25) is 0 Å². The summed E-state index contributed by atoms with van der Waals surface area (Å²) in [4.78, 5) is 63.8. The first-order valence-electron chi connectivity index (χ1n) is 10.6. The second-order valence-corrected chi connectivity index (χ2v) is 10.6. The number of carbonyl (C=O) groups is 4. The molecule has 12 heteroatoms. The normalized spacial score (nSPS) is 23.7. The quantitative estimate of drug-likeness (QED) is 0.161. The minimum Gasteiger partial charge on any atom is -0.292 e. The van der Waals surface area contributed by atoms with Crippen molar-refractivity contribution in [2.75, 3.05) is 6.54 Å². The molecule has 0 bridgehead atoms. The van der Waals surface area contributed by atoms with Crippen molar-refractivity contribution in [2.24, 2.45) is 11.8 Å². The minimum atomic E-state index is -1.04. The van der Waals surface area contributed by atoms with Gasteiger partial charge in [-0.05, 0) is 43.2 Å². The Morgan fingerprint density at radius 2 is 1.54 bits per heavy atom. The van der Waals surface area contributed by atoms with E-state index in [9.17, 15) is 33.7 Å². The average Bonchev–Trinajstić information content (AvgIpc) is 3.06. The van der Waals surface area contributed by atoms with Crippen LogP contribution in [0.5, 0.6) is 0 Å². The van der Waals surface area contributed by atoms with Gasteiger partial charge in [-0.2, -0.15) is 5.01 Å². The van der Waals surface area contributed by atoms with E-state index in [-0.39, 0.29) is 20.8 Å². The van der Waals surface area contributed by atoms with Gasteiger partial charge < -0.3 is 0 Å². The Kier molecular flexibility index (Phi) is 7.13. The lowest BCUT2D eigenvalue weighted by Gasteiger charge is -2.30. The van der Waals surface area contributed by atoms with Gasteiger partial charge in [0.25, 0.3) is 23.4 Å². The van der Waals surface area contributed by atoms with Crippen molar-refractivity contribution >= 4 is 61.1 Å². The predicted molar refractivity (Wildman–Crippen MR) is 128 cm³/mol. The Labute approximate surface area is 215 Å². The van der Waals surface area contributed by atoms with Crippen molar-refractivity contribution in [3.8, 4) is 0 Å². The zero-order chi connectivity index (χ0) is 25.4. The standard InChI is InChI=1S/C23H18Br2FN3O6/c24-17-9-15-16(10-18(17)25)23(33)28(22(15)32)27(11-20(30)12-5-7-13(26)8-6-12)21(31)14-3-1-2-4-19(14)29(34)35/h1-8,15-18H,9-11H2/t15-,16+,17-,18-/m0/s1. The number of alkyl halides is 2. The number of Topliss-reactive ketones (excluding diaryl/α,β-unsaturated/α-hetero) is 1. The molecule has 2 fully saturated rings. The number of ketones is 1. The van der Waals surface area contributed by atoms with E-state index in [2.05, 4.69) is 31.9 Å². The Morgan fingerprint density at radius 3 is 2.09 bits per heavy atom. The van der Waals surface area contributed by atoms with Crippen LogP contribution in [0.15, 0.2) is 48.5 Å². The zero-order valence-electron chi connectivity index (χ0n) is 18.0. The number of para-hydroxylation sites is 1. The molecule has 3 amide bonds. The number of halogens is 3. The van der Waals surface area contributed by atoms with Crippen molar-refractivity contribution in [1.82, 2.24) is 10.0 Å². The third-order valence-corrected chi connectivity index (χ3v) is 8.89. The lowest BCUT2D eigenvalue weighted by atomic mass is 9.81. The van der Waals surface area contributed by atoms with E-state index in [4.69, 9.17) is 0 Å². The van der Waals surface area contributed by atoms with Crippen LogP contribution < -0.4 is 0 Å². The van der Waals surface area contributed by atoms with Gasteiger partial charge >= 0.3 is 0 Å². The molecule has 1 aliphatic carbocycles. The molecule has 182 valence electrons. The minimum absolute atomic E-state index is 0.0457. The van der Waals surface area contributed by atoms with Crippen LogP contribution in [0, 0.1) is 27.8 Å². The number of nitro benzene ring substituents is 1. The van der Waals surface area contributed by atoms with Crippen molar-refractivity contribution in [1.29, 1.82) is 0 Å². The maximum atomic E-state index is 13.5. The van der Waals surface area contributed by atoms with Gasteiger partial charge in [-0.25, -0.2) is 9.40 Å². The van der Waals surface area contributed by atoms with E-state index in [0.717, 1.165) is 18.2 Å². The number of nitrogens with zero attached hydrogens (tertiary/aromatic N) is 3. The molecular weight excluding hydrogens is 593 g/mol. The molecule has 2 aliphatic rings. The molecule has 0 aromatic heterocycles. The fourth-order valence-electron chi connectivity index (χ4n) is 4.36. The van der Waals surface area contributed by atoms with Crippen LogP contribution in [0.4, 0.5) is 10.1 Å². The van der Waals surface area contributed by atoms with Crippen molar-refractivity contribution in [3.05, 3.63) is 75.6 Å². The van der Waals surface area contributed by atoms with Crippen LogP contribution in [0.25, 0.3) is 0 Å². The van der Waals surface area contributed by atoms with Crippen LogP contribution in [-0.4, -0.2) is 54.6 Å². The Morgan fingerprint density at radius 1 is 1.00 bits per heavy atom. The summed E-state index contributed by atoms with van der Waals surface area (Å²) in [6.45, 7) is -0.747. The highest BCUT2D eigenvalue weighted by Gasteiger charge is 2.55. The second kappa shape index (κ2) is 9.94. The summed E-state index contributed by atoms with van der Waals surface area (Å²) in [7, 11) is 0. The smallest absolute Gasteiger partial charge is 0.282 e. The van der Waals surface area contributed by atoms with E-state index in [0.29, 0.717) is 22.9 Å². The summed E-state index contributed by atoms with van der Waals surface area (Å²) < 4.78 is 13.3. The van der Waals surface area contributed by atoms with Crippen molar-refractivity contribution in [3.63, 3.8) is 0 Å². The van der Waals surface area contributed by atoms with Gasteiger partial charge in [0, 0.05) is 21.3 Å². The summed E-state index contributed by atoms with van der Waals surface area (Å²) >= 11 is 6.99. The van der Waals surface area contributed by atoms with Crippen LogP contribution in [0.2, 0.25) is 0 Å². The number of rotatable bonds is 6. The summed E-state index contributed by atoms with van der Waals surface area (Å²) in [5.74, 6) is -5.00. The van der Waals surface area contributed by atoms with Crippen LogP contribution in [-0.2, 0) is 9.59 Å². The third-order valence-electron chi connectivity index (χ3n) is 6.15. The second-order valence-electron chi connectivity index (χ2n) is 8.27. The first-order chi connectivity index (χ1) is 16.6. The molecule has 0 radical (unpaired) electrons. The lowest BCUT2D eigenvalue weighted by molar-refractivity contribution is -0.385. The predicted octanol–water partition coefficient (Wildman–Crippen LogP) is 3.90. The summed E-state index contributed by atoms with van der Waals surface area (Å²) in [5, 5.41) is 12.8. The molecule has 1 aliphatic heterocycles. The number of imide groups is 1. The van der Waals surface area contributed by atoms with E-state index < -0.39 is 58.3 Å². The number of hydrazine groups is 1. The molecule has 2 aromatic rings. The number of nitro groups is 1. The molecule has 1 saturated carbocycles. The number of hydrogen-bond acceptors (Lipinski definition) is 6. The maximum absolute atomic E-state index is 13.5. The van der Waals surface area contributed by atoms with Gasteiger partial charge in [0.1, 0.15) is 17.9 Å². The molecule has 35 heavy (non-hydrogen) atoms. The molecule has 9 nitrogen and oxygen atoms in total. The monoisotopic (exact) mass is 609 g/mol.